The van der Waals surface area contributed by atoms with Gasteiger partial charge in [0.15, 0.2) is 0 Å². The summed E-state index contributed by atoms with van der Waals surface area (Å²) in [5.74, 6) is 0. The molecular formula is C13H24N4O. The highest BCUT2D eigenvalue weighted by Gasteiger charge is 2.17. The minimum absolute atomic E-state index is 0.835. The van der Waals surface area contributed by atoms with E-state index in [1.807, 2.05) is 11.7 Å². The third kappa shape index (κ3) is 3.54. The zero-order valence-corrected chi connectivity index (χ0v) is 11.7. The van der Waals surface area contributed by atoms with Gasteiger partial charge in [-0.1, -0.05) is 0 Å². The van der Waals surface area contributed by atoms with Crippen LogP contribution in [0.3, 0.4) is 0 Å². The molecule has 0 N–H and O–H groups in total. The molecule has 0 bridgehead atoms. The summed E-state index contributed by atoms with van der Waals surface area (Å²) >= 11 is 0. The van der Waals surface area contributed by atoms with Gasteiger partial charge >= 0.3 is 0 Å². The lowest BCUT2D eigenvalue weighted by Gasteiger charge is -2.34. The molecule has 2 rings (SSSR count). The molecular weight excluding hydrogens is 228 g/mol. The fourth-order valence-corrected chi connectivity index (χ4v) is 2.44. The number of aryl methyl sites for hydroxylation is 2. The number of hydrogen-bond acceptors (Lipinski definition) is 4. The van der Waals surface area contributed by atoms with Crippen LogP contribution in [0.1, 0.15) is 11.3 Å². The van der Waals surface area contributed by atoms with Crippen LogP contribution in [0.25, 0.3) is 0 Å². The summed E-state index contributed by atoms with van der Waals surface area (Å²) in [5, 5.41) is 4.40. The van der Waals surface area contributed by atoms with E-state index in [1.54, 1.807) is 7.11 Å². The summed E-state index contributed by atoms with van der Waals surface area (Å²) in [6.07, 6.45) is 2.13. The lowest BCUT2D eigenvalue weighted by molar-refractivity contribution is 0.0937. The van der Waals surface area contributed by atoms with Crippen molar-refractivity contribution in [3.05, 3.63) is 17.5 Å². The summed E-state index contributed by atoms with van der Waals surface area (Å²) in [6, 6.07) is 0. The highest BCUT2D eigenvalue weighted by molar-refractivity contribution is 5.15. The van der Waals surface area contributed by atoms with Crippen LogP contribution in [0.5, 0.6) is 0 Å². The van der Waals surface area contributed by atoms with E-state index in [1.165, 1.54) is 5.56 Å². The first kappa shape index (κ1) is 13.5. The molecule has 2 heterocycles. The molecule has 0 spiro atoms. The largest absolute Gasteiger partial charge is 0.383 e. The number of methoxy groups -OCH3 is 1. The normalized spacial score (nSPS) is 18.4. The molecule has 5 nitrogen and oxygen atoms in total. The van der Waals surface area contributed by atoms with Crippen molar-refractivity contribution in [2.24, 2.45) is 7.05 Å². The van der Waals surface area contributed by atoms with Gasteiger partial charge in [-0.15, -0.1) is 0 Å². The quantitative estimate of drug-likeness (QED) is 0.764. The number of rotatable bonds is 5. The molecule has 0 saturated carbocycles. The lowest BCUT2D eigenvalue weighted by atomic mass is 10.2. The average Bonchev–Trinajstić information content (AvgIpc) is 2.67. The third-order valence-corrected chi connectivity index (χ3v) is 3.59. The van der Waals surface area contributed by atoms with E-state index in [0.717, 1.165) is 51.6 Å². The second-order valence-corrected chi connectivity index (χ2v) is 5.02. The number of hydrogen-bond donors (Lipinski definition) is 0. The standard InChI is InChI=1S/C13H24N4O/c1-12-13(10-15(2)14-12)11-17-6-4-16(5-7-17)8-9-18-3/h10H,4-9,11H2,1-3H3. The monoisotopic (exact) mass is 252 g/mol. The number of aromatic nitrogens is 2. The molecule has 0 aromatic carbocycles. The summed E-state index contributed by atoms with van der Waals surface area (Å²) in [6.45, 7) is 9.56. The van der Waals surface area contributed by atoms with Crippen molar-refractivity contribution in [2.75, 3.05) is 46.4 Å². The summed E-state index contributed by atoms with van der Waals surface area (Å²) < 4.78 is 7.02. The molecule has 0 atom stereocenters. The van der Waals surface area contributed by atoms with Crippen LogP contribution in [0.15, 0.2) is 6.20 Å². The first-order chi connectivity index (χ1) is 8.69. The van der Waals surface area contributed by atoms with Gasteiger partial charge in [-0.25, -0.2) is 0 Å². The molecule has 18 heavy (non-hydrogen) atoms. The molecule has 1 aromatic rings. The molecule has 1 aliphatic heterocycles. The van der Waals surface area contributed by atoms with Crippen molar-refractivity contribution in [1.82, 2.24) is 19.6 Å². The number of ether oxygens (including phenoxy) is 1. The van der Waals surface area contributed by atoms with E-state index in [4.69, 9.17) is 4.74 Å². The fraction of sp³-hybridized carbons (Fsp3) is 0.769. The van der Waals surface area contributed by atoms with E-state index in [0.29, 0.717) is 0 Å². The molecule has 0 aliphatic carbocycles. The molecule has 1 aliphatic rings. The Morgan fingerprint density at radius 1 is 1.22 bits per heavy atom. The maximum atomic E-state index is 5.12. The number of nitrogens with zero attached hydrogens (tertiary/aromatic N) is 4. The van der Waals surface area contributed by atoms with E-state index >= 15 is 0 Å². The Morgan fingerprint density at radius 2 is 1.89 bits per heavy atom. The van der Waals surface area contributed by atoms with Crippen LogP contribution in [-0.2, 0) is 18.3 Å². The van der Waals surface area contributed by atoms with Gasteiger partial charge in [-0.05, 0) is 6.92 Å². The Hall–Kier alpha value is -0.910. The molecule has 1 aromatic heterocycles. The first-order valence-electron chi connectivity index (χ1n) is 6.62. The van der Waals surface area contributed by atoms with Crippen LogP contribution in [0.2, 0.25) is 0 Å². The number of piperazine rings is 1. The van der Waals surface area contributed by atoms with Crippen molar-refractivity contribution >= 4 is 0 Å². The third-order valence-electron chi connectivity index (χ3n) is 3.59. The van der Waals surface area contributed by atoms with Gasteiger partial charge < -0.3 is 4.74 Å². The van der Waals surface area contributed by atoms with Crippen LogP contribution in [0, 0.1) is 6.92 Å². The van der Waals surface area contributed by atoms with Crippen LogP contribution in [0.4, 0.5) is 0 Å². The van der Waals surface area contributed by atoms with Gasteiger partial charge in [0.1, 0.15) is 0 Å². The second kappa shape index (κ2) is 6.31. The smallest absolute Gasteiger partial charge is 0.0638 e. The molecule has 0 unspecified atom stereocenters. The van der Waals surface area contributed by atoms with Crippen molar-refractivity contribution in [1.29, 1.82) is 0 Å². The van der Waals surface area contributed by atoms with Gasteiger partial charge in [-0.2, -0.15) is 5.10 Å². The van der Waals surface area contributed by atoms with Gasteiger partial charge in [0.2, 0.25) is 0 Å². The maximum Gasteiger partial charge on any atom is 0.0638 e. The zero-order chi connectivity index (χ0) is 13.0. The van der Waals surface area contributed by atoms with E-state index in [2.05, 4.69) is 28.0 Å². The molecule has 0 amide bonds. The molecule has 102 valence electrons. The van der Waals surface area contributed by atoms with Gasteiger partial charge in [0.05, 0.1) is 12.3 Å². The predicted octanol–water partition coefficient (Wildman–Crippen LogP) is 0.493. The van der Waals surface area contributed by atoms with Crippen LogP contribution < -0.4 is 0 Å². The Morgan fingerprint density at radius 3 is 2.44 bits per heavy atom. The Bertz CT molecular complexity index is 369. The second-order valence-electron chi connectivity index (χ2n) is 5.02. The van der Waals surface area contributed by atoms with Crippen molar-refractivity contribution < 1.29 is 4.74 Å². The van der Waals surface area contributed by atoms with Crippen LogP contribution >= 0.6 is 0 Å². The van der Waals surface area contributed by atoms with E-state index in [9.17, 15) is 0 Å². The van der Waals surface area contributed by atoms with Crippen LogP contribution in [-0.4, -0.2) is 66.0 Å². The molecule has 0 radical (unpaired) electrons. The lowest BCUT2D eigenvalue weighted by Crippen LogP contribution is -2.46. The summed E-state index contributed by atoms with van der Waals surface area (Å²) in [4.78, 5) is 4.98. The first-order valence-corrected chi connectivity index (χ1v) is 6.62. The Balaban J connectivity index is 1.78. The SMILES string of the molecule is COCCN1CCN(Cc2cn(C)nc2C)CC1. The summed E-state index contributed by atoms with van der Waals surface area (Å²) in [7, 11) is 3.75. The molecule has 5 heteroatoms. The van der Waals surface area contributed by atoms with Gasteiger partial charge in [0, 0.05) is 65.2 Å². The highest BCUT2D eigenvalue weighted by atomic mass is 16.5. The van der Waals surface area contributed by atoms with Crippen molar-refractivity contribution in [2.45, 2.75) is 13.5 Å². The Kier molecular flexibility index (Phi) is 4.74. The topological polar surface area (TPSA) is 33.5 Å². The molecule has 1 fully saturated rings. The highest BCUT2D eigenvalue weighted by Crippen LogP contribution is 2.11. The van der Waals surface area contributed by atoms with E-state index < -0.39 is 0 Å². The maximum absolute atomic E-state index is 5.12. The van der Waals surface area contributed by atoms with E-state index in [-0.39, 0.29) is 0 Å². The van der Waals surface area contributed by atoms with Crippen molar-refractivity contribution in [3.63, 3.8) is 0 Å². The minimum Gasteiger partial charge on any atom is -0.383 e. The minimum atomic E-state index is 0.835. The molecule has 1 saturated heterocycles. The zero-order valence-electron chi connectivity index (χ0n) is 11.7. The Labute approximate surface area is 109 Å². The van der Waals surface area contributed by atoms with Gasteiger partial charge in [-0.3, -0.25) is 14.5 Å². The summed E-state index contributed by atoms with van der Waals surface area (Å²) in [5.41, 5.74) is 2.50. The average molecular weight is 252 g/mol. The van der Waals surface area contributed by atoms with Crippen molar-refractivity contribution in [3.8, 4) is 0 Å². The predicted molar refractivity (Wildman–Crippen MR) is 71.5 cm³/mol. The fourth-order valence-electron chi connectivity index (χ4n) is 2.44. The van der Waals surface area contributed by atoms with Gasteiger partial charge in [0.25, 0.3) is 0 Å².